The van der Waals surface area contributed by atoms with Crippen LogP contribution in [0.2, 0.25) is 0 Å². The molecule has 3 nitrogen and oxygen atoms in total. The molecule has 4 rings (SSSR count). The van der Waals surface area contributed by atoms with E-state index < -0.39 is 5.97 Å². The number of benzene rings is 2. The number of carboxylic acids is 1. The highest BCUT2D eigenvalue weighted by atomic mass is 16.4. The second kappa shape index (κ2) is 5.97. The third kappa shape index (κ3) is 3.03. The van der Waals surface area contributed by atoms with Crippen molar-refractivity contribution in [1.82, 2.24) is 0 Å². The molecular weight excluding hydrogens is 298 g/mol. The van der Waals surface area contributed by atoms with Gasteiger partial charge in [-0.3, -0.25) is 0 Å². The van der Waals surface area contributed by atoms with Gasteiger partial charge in [0.2, 0.25) is 0 Å². The number of rotatable bonds is 6. The smallest absolute Gasteiger partial charge is 0.335 e. The van der Waals surface area contributed by atoms with Crippen LogP contribution in [0.25, 0.3) is 0 Å². The third-order valence-corrected chi connectivity index (χ3v) is 5.11. The first-order valence-electron chi connectivity index (χ1n) is 8.91. The SMILES string of the molecule is CCN(c1ccc(C(=O)O)cc1)c1cc(C2CC2)cc(C2CC2)c1. The molecule has 3 heteroatoms. The van der Waals surface area contributed by atoms with Crippen LogP contribution in [-0.2, 0) is 0 Å². The van der Waals surface area contributed by atoms with Crippen molar-refractivity contribution in [3.63, 3.8) is 0 Å². The predicted molar refractivity (Wildman–Crippen MR) is 96.5 cm³/mol. The van der Waals surface area contributed by atoms with Gasteiger partial charge in [0.25, 0.3) is 0 Å². The minimum Gasteiger partial charge on any atom is -0.478 e. The lowest BCUT2D eigenvalue weighted by molar-refractivity contribution is 0.0697. The Bertz CT molecular complexity index is 728. The second-order valence-corrected chi connectivity index (χ2v) is 7.00. The second-order valence-electron chi connectivity index (χ2n) is 7.00. The van der Waals surface area contributed by atoms with E-state index in [1.165, 1.54) is 42.5 Å². The summed E-state index contributed by atoms with van der Waals surface area (Å²) in [4.78, 5) is 13.3. The average molecular weight is 321 g/mol. The van der Waals surface area contributed by atoms with Gasteiger partial charge in [0, 0.05) is 17.9 Å². The Balaban J connectivity index is 1.70. The third-order valence-electron chi connectivity index (χ3n) is 5.11. The highest BCUT2D eigenvalue weighted by Gasteiger charge is 2.29. The van der Waals surface area contributed by atoms with Gasteiger partial charge in [0.05, 0.1) is 5.56 Å². The van der Waals surface area contributed by atoms with Crippen LogP contribution in [0.5, 0.6) is 0 Å². The standard InChI is InChI=1S/C21H23NO2/c1-2-22(19-9-7-16(8-10-19)21(23)24)20-12-17(14-3-4-14)11-18(13-20)15-5-6-15/h7-15H,2-6H2,1H3,(H,23,24). The van der Waals surface area contributed by atoms with Gasteiger partial charge < -0.3 is 10.0 Å². The molecule has 0 atom stereocenters. The van der Waals surface area contributed by atoms with Crippen molar-refractivity contribution >= 4 is 17.3 Å². The van der Waals surface area contributed by atoms with Crippen molar-refractivity contribution in [1.29, 1.82) is 0 Å². The van der Waals surface area contributed by atoms with E-state index in [2.05, 4.69) is 30.0 Å². The maximum Gasteiger partial charge on any atom is 0.335 e. The Morgan fingerprint density at radius 3 is 1.92 bits per heavy atom. The molecule has 0 spiro atoms. The Labute approximate surface area is 142 Å². The van der Waals surface area contributed by atoms with Crippen molar-refractivity contribution < 1.29 is 9.90 Å². The van der Waals surface area contributed by atoms with Crippen LogP contribution in [0.3, 0.4) is 0 Å². The lowest BCUT2D eigenvalue weighted by Gasteiger charge is -2.25. The number of carboxylic acid groups (broad SMARTS) is 1. The quantitative estimate of drug-likeness (QED) is 0.785. The van der Waals surface area contributed by atoms with Gasteiger partial charge in [-0.2, -0.15) is 0 Å². The van der Waals surface area contributed by atoms with Gasteiger partial charge >= 0.3 is 5.97 Å². The molecule has 0 unspecified atom stereocenters. The summed E-state index contributed by atoms with van der Waals surface area (Å²) in [6.07, 6.45) is 5.25. The molecule has 2 aliphatic carbocycles. The minimum absolute atomic E-state index is 0.334. The summed E-state index contributed by atoms with van der Waals surface area (Å²) in [5.74, 6) is 0.613. The van der Waals surface area contributed by atoms with Crippen molar-refractivity contribution in [3.8, 4) is 0 Å². The van der Waals surface area contributed by atoms with Crippen molar-refractivity contribution in [2.45, 2.75) is 44.4 Å². The zero-order chi connectivity index (χ0) is 16.7. The minimum atomic E-state index is -0.878. The zero-order valence-electron chi connectivity index (χ0n) is 14.0. The van der Waals surface area contributed by atoms with Crippen molar-refractivity contribution in [2.75, 3.05) is 11.4 Å². The molecule has 0 aliphatic heterocycles. The monoisotopic (exact) mass is 321 g/mol. The van der Waals surface area contributed by atoms with Crippen LogP contribution in [-0.4, -0.2) is 17.6 Å². The van der Waals surface area contributed by atoms with E-state index in [-0.39, 0.29) is 0 Å². The van der Waals surface area contributed by atoms with Crippen LogP contribution < -0.4 is 4.90 Å². The van der Waals surface area contributed by atoms with Crippen LogP contribution in [0.15, 0.2) is 42.5 Å². The number of aromatic carboxylic acids is 1. The van der Waals surface area contributed by atoms with Gasteiger partial charge in [-0.05, 0) is 92.0 Å². The summed E-state index contributed by atoms with van der Waals surface area (Å²) in [5.41, 5.74) is 5.59. The van der Waals surface area contributed by atoms with Crippen LogP contribution in [0, 0.1) is 0 Å². The van der Waals surface area contributed by atoms with Gasteiger partial charge in [-0.15, -0.1) is 0 Å². The normalized spacial score (nSPS) is 16.9. The average Bonchev–Trinajstić information content (AvgIpc) is 3.49. The van der Waals surface area contributed by atoms with Crippen LogP contribution in [0.4, 0.5) is 11.4 Å². The highest BCUT2D eigenvalue weighted by molar-refractivity contribution is 5.88. The molecule has 124 valence electrons. The van der Waals surface area contributed by atoms with E-state index in [1.807, 2.05) is 12.1 Å². The largest absolute Gasteiger partial charge is 0.478 e. The van der Waals surface area contributed by atoms with E-state index in [1.54, 1.807) is 12.1 Å². The molecule has 0 saturated heterocycles. The van der Waals surface area contributed by atoms with Crippen LogP contribution in [0.1, 0.15) is 65.9 Å². The maximum atomic E-state index is 11.1. The predicted octanol–water partition coefficient (Wildman–Crippen LogP) is 5.30. The fourth-order valence-electron chi connectivity index (χ4n) is 3.42. The van der Waals surface area contributed by atoms with E-state index >= 15 is 0 Å². The first-order chi connectivity index (χ1) is 11.7. The molecule has 0 amide bonds. The van der Waals surface area contributed by atoms with Crippen LogP contribution >= 0.6 is 0 Å². The van der Waals surface area contributed by atoms with E-state index in [9.17, 15) is 4.79 Å². The molecule has 2 aliphatic rings. The molecule has 2 aromatic carbocycles. The first-order valence-corrected chi connectivity index (χ1v) is 8.91. The Morgan fingerprint density at radius 1 is 0.958 bits per heavy atom. The van der Waals surface area contributed by atoms with Crippen molar-refractivity contribution in [3.05, 3.63) is 59.2 Å². The molecule has 0 radical (unpaired) electrons. The van der Waals surface area contributed by atoms with Gasteiger partial charge in [0.15, 0.2) is 0 Å². The topological polar surface area (TPSA) is 40.5 Å². The molecule has 0 aromatic heterocycles. The number of nitrogens with zero attached hydrogens (tertiary/aromatic N) is 1. The first kappa shape index (κ1) is 15.3. The fourth-order valence-corrected chi connectivity index (χ4v) is 3.42. The van der Waals surface area contributed by atoms with Gasteiger partial charge in [-0.1, -0.05) is 6.07 Å². The number of anilines is 2. The fraction of sp³-hybridized carbons (Fsp3) is 0.381. The summed E-state index contributed by atoms with van der Waals surface area (Å²) >= 11 is 0. The number of hydrogen-bond acceptors (Lipinski definition) is 2. The Kier molecular flexibility index (Phi) is 3.79. The Hall–Kier alpha value is -2.29. The lowest BCUT2D eigenvalue weighted by Crippen LogP contribution is -2.16. The Morgan fingerprint density at radius 2 is 1.50 bits per heavy atom. The van der Waals surface area contributed by atoms with Gasteiger partial charge in [0.1, 0.15) is 0 Å². The molecule has 2 fully saturated rings. The van der Waals surface area contributed by atoms with Gasteiger partial charge in [-0.25, -0.2) is 4.79 Å². The maximum absolute atomic E-state index is 11.1. The highest BCUT2D eigenvalue weighted by Crippen LogP contribution is 2.47. The van der Waals surface area contributed by atoms with E-state index in [0.29, 0.717) is 5.56 Å². The summed E-state index contributed by atoms with van der Waals surface area (Å²) in [6.45, 7) is 3.01. The molecular formula is C21H23NO2. The summed E-state index contributed by atoms with van der Waals surface area (Å²) < 4.78 is 0. The number of carbonyl (C=O) groups is 1. The molecule has 0 bridgehead atoms. The zero-order valence-corrected chi connectivity index (χ0v) is 14.0. The summed E-state index contributed by atoms with van der Waals surface area (Å²) in [5, 5.41) is 9.08. The van der Waals surface area contributed by atoms with Crippen molar-refractivity contribution in [2.24, 2.45) is 0 Å². The molecule has 2 aromatic rings. The lowest BCUT2D eigenvalue weighted by atomic mass is 10.0. The summed E-state index contributed by atoms with van der Waals surface area (Å²) in [6, 6.07) is 14.3. The number of hydrogen-bond donors (Lipinski definition) is 1. The molecule has 24 heavy (non-hydrogen) atoms. The molecule has 2 saturated carbocycles. The van der Waals surface area contributed by atoms with E-state index in [4.69, 9.17) is 5.11 Å². The molecule has 0 heterocycles. The van der Waals surface area contributed by atoms with E-state index in [0.717, 1.165) is 24.1 Å². The summed E-state index contributed by atoms with van der Waals surface area (Å²) in [7, 11) is 0. The molecule has 1 N–H and O–H groups in total.